The van der Waals surface area contributed by atoms with Crippen LogP contribution in [0.3, 0.4) is 0 Å². The molecule has 5 rings (SSSR count). The number of likely N-dealkylation sites (tertiary alicyclic amines) is 1. The van der Waals surface area contributed by atoms with Gasteiger partial charge in [-0.1, -0.05) is 24.3 Å². The number of ether oxygens (including phenoxy) is 1. The van der Waals surface area contributed by atoms with E-state index in [1.165, 1.54) is 16.0 Å². The van der Waals surface area contributed by atoms with Crippen molar-refractivity contribution in [2.45, 2.75) is 58.4 Å². The zero-order chi connectivity index (χ0) is 23.5. The minimum absolute atomic E-state index is 0.0853. The maximum absolute atomic E-state index is 13.3. The molecule has 0 radical (unpaired) electrons. The Morgan fingerprint density at radius 1 is 1.09 bits per heavy atom. The highest BCUT2D eigenvalue weighted by Crippen LogP contribution is 2.39. The van der Waals surface area contributed by atoms with E-state index in [2.05, 4.69) is 34.5 Å². The molecule has 1 atom stereocenters. The van der Waals surface area contributed by atoms with Gasteiger partial charge in [0.2, 0.25) is 0 Å². The van der Waals surface area contributed by atoms with E-state index in [0.717, 1.165) is 83.2 Å². The van der Waals surface area contributed by atoms with Crippen LogP contribution in [-0.2, 0) is 30.5 Å². The number of hydrogen-bond acceptors (Lipinski definition) is 5. The largest absolute Gasteiger partial charge is 0.462 e. The molecule has 1 aliphatic carbocycles. The van der Waals surface area contributed by atoms with Crippen molar-refractivity contribution in [3.05, 3.63) is 51.4 Å². The number of aryl methyl sites for hydroxylation is 1. The number of nitrogens with zero attached hydrogens (tertiary/aromatic N) is 2. The first kappa shape index (κ1) is 23.4. The Morgan fingerprint density at radius 3 is 2.76 bits per heavy atom. The van der Waals surface area contributed by atoms with Gasteiger partial charge in [-0.05, 0) is 74.5 Å². The highest BCUT2D eigenvalue weighted by Gasteiger charge is 2.30. The summed E-state index contributed by atoms with van der Waals surface area (Å²) in [5.41, 5.74) is 4.59. The van der Waals surface area contributed by atoms with Crippen molar-refractivity contribution < 1.29 is 14.3 Å². The summed E-state index contributed by atoms with van der Waals surface area (Å²) < 4.78 is 5.34. The number of benzene rings is 1. The van der Waals surface area contributed by atoms with Gasteiger partial charge < -0.3 is 9.64 Å². The maximum atomic E-state index is 13.3. The summed E-state index contributed by atoms with van der Waals surface area (Å²) in [6.07, 6.45) is 7.37. The highest BCUT2D eigenvalue weighted by atomic mass is 32.1. The van der Waals surface area contributed by atoms with Gasteiger partial charge in [-0.2, -0.15) is 0 Å². The molecular formula is C27H35N3O3S. The van der Waals surface area contributed by atoms with Crippen LogP contribution in [-0.4, -0.2) is 54.6 Å². The molecule has 1 aromatic carbocycles. The lowest BCUT2D eigenvalue weighted by atomic mass is 9.95. The molecule has 0 unspecified atom stereocenters. The molecular weight excluding hydrogens is 446 g/mol. The SMILES string of the molecule is CCOC(=O)c1c(NC(=O)N2CCC[C@@H](CN3CCc4ccccc4C3)C2)sc2c1CCCC2. The number of piperidine rings is 1. The second-order valence-electron chi connectivity index (χ2n) is 9.77. The first-order valence-electron chi connectivity index (χ1n) is 12.8. The zero-order valence-corrected chi connectivity index (χ0v) is 20.9. The van der Waals surface area contributed by atoms with Gasteiger partial charge in [0.15, 0.2) is 0 Å². The third kappa shape index (κ3) is 5.01. The fourth-order valence-corrected chi connectivity index (χ4v) is 6.99. The van der Waals surface area contributed by atoms with E-state index in [4.69, 9.17) is 4.74 Å². The third-order valence-corrected chi connectivity index (χ3v) is 8.61. The predicted octanol–water partition coefficient (Wildman–Crippen LogP) is 5.11. The monoisotopic (exact) mass is 481 g/mol. The Hall–Kier alpha value is -2.38. The summed E-state index contributed by atoms with van der Waals surface area (Å²) in [6, 6.07) is 8.65. The van der Waals surface area contributed by atoms with Gasteiger partial charge >= 0.3 is 12.0 Å². The Bertz CT molecular complexity index is 1050. The van der Waals surface area contributed by atoms with E-state index >= 15 is 0 Å². The fourth-order valence-electron chi connectivity index (χ4n) is 5.72. The lowest BCUT2D eigenvalue weighted by Gasteiger charge is -2.37. The number of carbonyl (C=O) groups excluding carboxylic acids is 2. The number of nitrogens with one attached hydrogen (secondary N) is 1. The molecule has 2 aromatic rings. The van der Waals surface area contributed by atoms with Crippen molar-refractivity contribution in [2.24, 2.45) is 5.92 Å². The van der Waals surface area contributed by atoms with Crippen LogP contribution in [0.15, 0.2) is 24.3 Å². The average molecular weight is 482 g/mol. The van der Waals surface area contributed by atoms with E-state index in [-0.39, 0.29) is 12.0 Å². The van der Waals surface area contributed by atoms with Gasteiger partial charge in [-0.15, -0.1) is 11.3 Å². The van der Waals surface area contributed by atoms with Gasteiger partial charge in [-0.25, -0.2) is 9.59 Å². The van der Waals surface area contributed by atoms with Gasteiger partial charge in [-0.3, -0.25) is 10.2 Å². The van der Waals surface area contributed by atoms with Gasteiger partial charge in [0.25, 0.3) is 0 Å². The van der Waals surface area contributed by atoms with Crippen molar-refractivity contribution in [2.75, 3.05) is 38.1 Å². The van der Waals surface area contributed by atoms with E-state index in [0.29, 0.717) is 23.1 Å². The van der Waals surface area contributed by atoms with Crippen LogP contribution in [0.1, 0.15) is 64.5 Å². The summed E-state index contributed by atoms with van der Waals surface area (Å²) in [7, 11) is 0. The van der Waals surface area contributed by atoms with Crippen LogP contribution < -0.4 is 5.32 Å². The Balaban J connectivity index is 1.23. The van der Waals surface area contributed by atoms with E-state index in [1.54, 1.807) is 11.3 Å². The van der Waals surface area contributed by atoms with Gasteiger partial charge in [0.1, 0.15) is 5.00 Å². The van der Waals surface area contributed by atoms with Crippen molar-refractivity contribution in [3.8, 4) is 0 Å². The van der Waals surface area contributed by atoms with E-state index in [9.17, 15) is 9.59 Å². The molecule has 34 heavy (non-hydrogen) atoms. The smallest absolute Gasteiger partial charge is 0.341 e. The summed E-state index contributed by atoms with van der Waals surface area (Å²) in [4.78, 5) is 31.7. The van der Waals surface area contributed by atoms with Gasteiger partial charge in [0.05, 0.1) is 12.2 Å². The van der Waals surface area contributed by atoms with Crippen LogP contribution in [0, 0.1) is 5.92 Å². The molecule has 1 aromatic heterocycles. The molecule has 2 amide bonds. The summed E-state index contributed by atoms with van der Waals surface area (Å²) in [5.74, 6) is 0.171. The van der Waals surface area contributed by atoms with Crippen molar-refractivity contribution in [3.63, 3.8) is 0 Å². The number of fused-ring (bicyclic) bond motifs is 2. The highest BCUT2D eigenvalue weighted by molar-refractivity contribution is 7.17. The molecule has 0 bridgehead atoms. The van der Waals surface area contributed by atoms with Crippen LogP contribution in [0.25, 0.3) is 0 Å². The second kappa shape index (κ2) is 10.5. The van der Waals surface area contributed by atoms with Crippen LogP contribution >= 0.6 is 11.3 Å². The molecule has 1 N–H and O–H groups in total. The number of hydrogen-bond donors (Lipinski definition) is 1. The Morgan fingerprint density at radius 2 is 1.91 bits per heavy atom. The van der Waals surface area contributed by atoms with Crippen molar-refractivity contribution in [1.82, 2.24) is 9.80 Å². The molecule has 7 heteroatoms. The van der Waals surface area contributed by atoms with Crippen molar-refractivity contribution in [1.29, 1.82) is 0 Å². The number of esters is 1. The summed E-state index contributed by atoms with van der Waals surface area (Å²) in [6.45, 7) is 6.82. The molecule has 3 aliphatic rings. The number of anilines is 1. The third-order valence-electron chi connectivity index (χ3n) is 7.40. The maximum Gasteiger partial charge on any atom is 0.341 e. The fraction of sp³-hybridized carbons (Fsp3) is 0.556. The molecule has 0 spiro atoms. The molecule has 1 saturated heterocycles. The standard InChI is InChI=1S/C27H35N3O3S/c1-2-33-26(31)24-22-11-5-6-12-23(22)34-25(24)28-27(32)30-14-7-8-19(17-30)16-29-15-13-20-9-3-4-10-21(20)18-29/h3-4,9-10,19H,2,5-8,11-18H2,1H3,(H,28,32)/t19-/m0/s1. The lowest BCUT2D eigenvalue weighted by Crippen LogP contribution is -2.46. The number of carbonyl (C=O) groups is 2. The topological polar surface area (TPSA) is 61.9 Å². The summed E-state index contributed by atoms with van der Waals surface area (Å²) >= 11 is 1.56. The van der Waals surface area contributed by atoms with E-state index < -0.39 is 0 Å². The molecule has 2 aliphatic heterocycles. The Labute approximate surface area is 206 Å². The zero-order valence-electron chi connectivity index (χ0n) is 20.1. The van der Waals surface area contributed by atoms with Crippen LogP contribution in [0.5, 0.6) is 0 Å². The van der Waals surface area contributed by atoms with Crippen LogP contribution in [0.4, 0.5) is 9.80 Å². The lowest BCUT2D eigenvalue weighted by molar-refractivity contribution is 0.0526. The Kier molecular flexibility index (Phi) is 7.21. The van der Waals surface area contributed by atoms with Crippen molar-refractivity contribution >= 4 is 28.3 Å². The first-order chi connectivity index (χ1) is 16.6. The molecule has 1 fully saturated rings. The summed E-state index contributed by atoms with van der Waals surface area (Å²) in [5, 5.41) is 3.78. The quantitative estimate of drug-likeness (QED) is 0.603. The van der Waals surface area contributed by atoms with Gasteiger partial charge in [0, 0.05) is 37.6 Å². The predicted molar refractivity (Wildman–Crippen MR) is 136 cm³/mol. The molecule has 0 saturated carbocycles. The number of urea groups is 1. The molecule has 182 valence electrons. The second-order valence-corrected chi connectivity index (χ2v) is 10.9. The minimum Gasteiger partial charge on any atom is -0.462 e. The minimum atomic E-state index is -0.306. The number of thiophene rings is 1. The number of amides is 2. The molecule has 3 heterocycles. The molecule has 6 nitrogen and oxygen atoms in total. The normalized spacial score (nSPS) is 20.4. The van der Waals surface area contributed by atoms with Crippen LogP contribution in [0.2, 0.25) is 0 Å². The number of rotatable bonds is 5. The first-order valence-corrected chi connectivity index (χ1v) is 13.6. The average Bonchev–Trinajstić information content (AvgIpc) is 3.22. The van der Waals surface area contributed by atoms with E-state index in [1.807, 2.05) is 11.8 Å².